The Kier molecular flexibility index (Phi) is 9.09. The van der Waals surface area contributed by atoms with E-state index in [1.165, 1.54) is 6.08 Å². The summed E-state index contributed by atoms with van der Waals surface area (Å²) in [5.74, 6) is -2.41. The van der Waals surface area contributed by atoms with E-state index in [1.807, 2.05) is 0 Å². The topological polar surface area (TPSA) is 109 Å². The standard InChI is InChI=1S/C31H31F4N5O3/c32-25-15-21(10-11-24(25)31(33,34)35)38-30(42)29(37-13-14-40-17-23-16-22(40)18-43-23)20-8-5-19(6-9-20)7-12-28(41)39-27-4-2-1-3-26(27)36/h1-12,15,22-23,29,37H,13-14,16-18,36H2,(H,38,42)(H,39,41)/b12-7+. The minimum Gasteiger partial charge on any atom is -0.397 e. The molecule has 0 saturated carbocycles. The van der Waals surface area contributed by atoms with Crippen LogP contribution in [0.3, 0.4) is 0 Å². The maximum Gasteiger partial charge on any atom is 0.419 e. The number of carbonyl (C=O) groups excluding carboxylic acids is 2. The summed E-state index contributed by atoms with van der Waals surface area (Å²) in [5.41, 5.74) is 6.56. The lowest BCUT2D eigenvalue weighted by atomic mass is 10.0. The van der Waals surface area contributed by atoms with Gasteiger partial charge in [-0.2, -0.15) is 13.2 Å². The number of hydrogen-bond acceptors (Lipinski definition) is 6. The van der Waals surface area contributed by atoms with Gasteiger partial charge in [0.15, 0.2) is 0 Å². The number of likely N-dealkylation sites (tertiary alicyclic amines) is 1. The Morgan fingerprint density at radius 3 is 2.49 bits per heavy atom. The summed E-state index contributed by atoms with van der Waals surface area (Å²) in [6, 6.07) is 15.5. The molecular weight excluding hydrogens is 566 g/mol. The van der Waals surface area contributed by atoms with Crippen LogP contribution in [0.1, 0.15) is 29.2 Å². The summed E-state index contributed by atoms with van der Waals surface area (Å²) in [4.78, 5) is 28.0. The van der Waals surface area contributed by atoms with Gasteiger partial charge in [-0.1, -0.05) is 36.4 Å². The third-order valence-electron chi connectivity index (χ3n) is 7.48. The van der Waals surface area contributed by atoms with Gasteiger partial charge in [-0.05, 0) is 54.0 Å². The highest BCUT2D eigenvalue weighted by Gasteiger charge is 2.38. The first-order chi connectivity index (χ1) is 20.6. The van der Waals surface area contributed by atoms with Crippen molar-refractivity contribution >= 4 is 35.0 Å². The first-order valence-corrected chi connectivity index (χ1v) is 13.8. The number of halogens is 4. The van der Waals surface area contributed by atoms with Crippen molar-refractivity contribution in [3.8, 4) is 0 Å². The quantitative estimate of drug-likeness (QED) is 0.152. The molecule has 3 aromatic carbocycles. The second kappa shape index (κ2) is 12.9. The molecule has 5 N–H and O–H groups in total. The van der Waals surface area contributed by atoms with Crippen molar-refractivity contribution in [1.29, 1.82) is 0 Å². The average Bonchev–Trinajstić information content (AvgIpc) is 3.59. The van der Waals surface area contributed by atoms with Crippen molar-refractivity contribution in [3.05, 3.63) is 95.3 Å². The SMILES string of the molecule is Nc1ccccc1NC(=O)/C=C/c1ccc(C(NCCN2CC3CC2CO3)C(=O)Nc2ccc(C(F)(F)F)c(F)c2)cc1. The van der Waals surface area contributed by atoms with E-state index in [4.69, 9.17) is 10.5 Å². The van der Waals surface area contributed by atoms with Crippen LogP contribution in [-0.2, 0) is 20.5 Å². The average molecular weight is 598 g/mol. The first-order valence-electron chi connectivity index (χ1n) is 13.8. The zero-order valence-electron chi connectivity index (χ0n) is 23.0. The molecule has 0 radical (unpaired) electrons. The number of nitrogens with zero attached hydrogens (tertiary/aromatic N) is 1. The number of nitrogen functional groups attached to an aromatic ring is 1. The largest absolute Gasteiger partial charge is 0.419 e. The number of nitrogens with one attached hydrogen (secondary N) is 3. The van der Waals surface area contributed by atoms with E-state index in [-0.39, 0.29) is 17.7 Å². The van der Waals surface area contributed by atoms with Gasteiger partial charge >= 0.3 is 6.18 Å². The van der Waals surface area contributed by atoms with Gasteiger partial charge in [0.25, 0.3) is 0 Å². The highest BCUT2D eigenvalue weighted by Crippen LogP contribution is 2.33. The number of anilines is 3. The minimum absolute atomic E-state index is 0.0964. The second-order valence-electron chi connectivity index (χ2n) is 10.5. The van der Waals surface area contributed by atoms with Crippen LogP contribution in [0.2, 0.25) is 0 Å². The van der Waals surface area contributed by atoms with Crippen LogP contribution in [0.4, 0.5) is 34.6 Å². The zero-order chi connectivity index (χ0) is 30.6. The number of nitrogens with two attached hydrogens (primary N) is 1. The predicted molar refractivity (Wildman–Crippen MR) is 155 cm³/mol. The van der Waals surface area contributed by atoms with Gasteiger partial charge in [-0.15, -0.1) is 0 Å². The molecule has 0 spiro atoms. The maximum absolute atomic E-state index is 14.1. The van der Waals surface area contributed by atoms with Crippen LogP contribution in [0.5, 0.6) is 0 Å². The van der Waals surface area contributed by atoms with Crippen molar-refractivity contribution in [2.24, 2.45) is 0 Å². The van der Waals surface area contributed by atoms with E-state index >= 15 is 0 Å². The fraction of sp³-hybridized carbons (Fsp3) is 0.290. The number of rotatable bonds is 10. The maximum atomic E-state index is 14.1. The number of ether oxygens (including phenoxy) is 1. The summed E-state index contributed by atoms with van der Waals surface area (Å²) >= 11 is 0. The molecule has 226 valence electrons. The van der Waals surface area contributed by atoms with Crippen LogP contribution in [0.15, 0.2) is 72.8 Å². The van der Waals surface area contributed by atoms with Gasteiger partial charge in [0, 0.05) is 37.4 Å². The lowest BCUT2D eigenvalue weighted by molar-refractivity contribution is -0.140. The number of para-hydroxylation sites is 2. The van der Waals surface area contributed by atoms with Crippen molar-refractivity contribution in [2.45, 2.75) is 30.8 Å². The molecule has 2 aliphatic rings. The third-order valence-corrected chi connectivity index (χ3v) is 7.48. The van der Waals surface area contributed by atoms with Crippen molar-refractivity contribution in [1.82, 2.24) is 10.2 Å². The van der Waals surface area contributed by atoms with Gasteiger partial charge < -0.3 is 26.4 Å². The van der Waals surface area contributed by atoms with Crippen molar-refractivity contribution < 1.29 is 31.9 Å². The van der Waals surface area contributed by atoms with Gasteiger partial charge in [0.2, 0.25) is 11.8 Å². The number of benzene rings is 3. The lowest BCUT2D eigenvalue weighted by Gasteiger charge is -2.27. The number of carbonyl (C=O) groups is 2. The Morgan fingerprint density at radius 2 is 1.84 bits per heavy atom. The van der Waals surface area contributed by atoms with Gasteiger partial charge in [0.1, 0.15) is 11.9 Å². The van der Waals surface area contributed by atoms with Crippen LogP contribution in [0, 0.1) is 5.82 Å². The summed E-state index contributed by atoms with van der Waals surface area (Å²) < 4.78 is 58.7. The van der Waals surface area contributed by atoms with Crippen LogP contribution in [0.25, 0.3) is 6.08 Å². The van der Waals surface area contributed by atoms with Crippen LogP contribution >= 0.6 is 0 Å². The summed E-state index contributed by atoms with van der Waals surface area (Å²) in [6.45, 7) is 2.62. The number of hydrogen-bond donors (Lipinski definition) is 4. The molecule has 2 fully saturated rings. The fourth-order valence-electron chi connectivity index (χ4n) is 5.26. The van der Waals surface area contributed by atoms with Gasteiger partial charge in [-0.3, -0.25) is 14.5 Å². The van der Waals surface area contributed by atoms with E-state index in [9.17, 15) is 27.2 Å². The van der Waals surface area contributed by atoms with E-state index in [0.29, 0.717) is 60.4 Å². The Bertz CT molecular complexity index is 1500. The number of alkyl halides is 3. The summed E-state index contributed by atoms with van der Waals surface area (Å²) in [6.07, 6.45) is -0.670. The molecule has 43 heavy (non-hydrogen) atoms. The van der Waals surface area contributed by atoms with Crippen LogP contribution < -0.4 is 21.7 Å². The Hall–Kier alpha value is -4.26. The van der Waals surface area contributed by atoms with Gasteiger partial charge in [-0.25, -0.2) is 4.39 Å². The molecule has 0 aromatic heterocycles. The molecule has 3 unspecified atom stereocenters. The molecule has 5 rings (SSSR count). The Balaban J connectivity index is 1.27. The molecule has 2 saturated heterocycles. The summed E-state index contributed by atoms with van der Waals surface area (Å²) in [7, 11) is 0. The summed E-state index contributed by atoms with van der Waals surface area (Å²) in [5, 5.41) is 8.47. The van der Waals surface area contributed by atoms with Gasteiger partial charge in [0.05, 0.1) is 29.6 Å². The Morgan fingerprint density at radius 1 is 1.07 bits per heavy atom. The first kappa shape index (κ1) is 30.2. The Labute approximate surface area is 245 Å². The highest BCUT2D eigenvalue weighted by molar-refractivity contribution is 6.03. The molecule has 3 aromatic rings. The molecule has 12 heteroatoms. The van der Waals surface area contributed by atoms with E-state index in [1.54, 1.807) is 54.6 Å². The zero-order valence-corrected chi connectivity index (χ0v) is 23.0. The highest BCUT2D eigenvalue weighted by atomic mass is 19.4. The predicted octanol–water partition coefficient (Wildman–Crippen LogP) is 4.82. The number of morpholine rings is 1. The van der Waals surface area contributed by atoms with E-state index in [2.05, 4.69) is 20.9 Å². The molecule has 2 amide bonds. The second-order valence-corrected chi connectivity index (χ2v) is 10.5. The molecular formula is C31H31F4N5O3. The van der Waals surface area contributed by atoms with E-state index in [0.717, 1.165) is 19.0 Å². The van der Waals surface area contributed by atoms with E-state index < -0.39 is 29.5 Å². The van der Waals surface area contributed by atoms with Crippen LogP contribution in [-0.4, -0.2) is 55.1 Å². The molecule has 2 bridgehead atoms. The number of fused-ring (bicyclic) bond motifs is 2. The monoisotopic (exact) mass is 597 g/mol. The minimum atomic E-state index is -4.84. The number of amides is 2. The molecule has 8 nitrogen and oxygen atoms in total. The van der Waals surface area contributed by atoms with Crippen molar-refractivity contribution in [3.63, 3.8) is 0 Å². The molecule has 0 aliphatic carbocycles. The fourth-order valence-corrected chi connectivity index (χ4v) is 5.26. The lowest BCUT2D eigenvalue weighted by Crippen LogP contribution is -2.43. The smallest absolute Gasteiger partial charge is 0.397 e. The third kappa shape index (κ3) is 7.58. The van der Waals surface area contributed by atoms with Crippen molar-refractivity contribution in [2.75, 3.05) is 42.6 Å². The normalized spacial score (nSPS) is 19.1. The molecule has 2 heterocycles. The molecule has 3 atom stereocenters. The molecule has 2 aliphatic heterocycles.